The topological polar surface area (TPSA) is 66.4 Å². The number of aliphatic carboxylic acids is 1. The van der Waals surface area contributed by atoms with E-state index in [1.807, 2.05) is 0 Å². The lowest BCUT2D eigenvalue weighted by molar-refractivity contribution is -0.140. The average Bonchev–Trinajstić information content (AvgIpc) is 2.87. The Labute approximate surface area is 105 Å². The molecule has 1 aliphatic carbocycles. The molecule has 7 heteroatoms. The molecule has 86 valence electrons. The molecule has 1 aliphatic rings. The predicted molar refractivity (Wildman–Crippen MR) is 61.4 cm³/mol. The fourth-order valence-corrected chi connectivity index (χ4v) is 2.76. The summed E-state index contributed by atoms with van der Waals surface area (Å²) in [5.41, 5.74) is -0.876. The lowest BCUT2D eigenvalue weighted by Crippen LogP contribution is -2.43. The molecule has 0 unspecified atom stereocenters. The third-order valence-corrected chi connectivity index (χ3v) is 3.90. The third-order valence-electron chi connectivity index (χ3n) is 2.41. The molecule has 1 aromatic rings. The van der Waals surface area contributed by atoms with Crippen LogP contribution in [-0.2, 0) is 4.79 Å². The van der Waals surface area contributed by atoms with Crippen LogP contribution in [0.2, 0.25) is 8.67 Å². The van der Waals surface area contributed by atoms with Crippen LogP contribution in [0.1, 0.15) is 23.2 Å². The molecule has 16 heavy (non-hydrogen) atoms. The number of rotatable bonds is 3. The van der Waals surface area contributed by atoms with E-state index in [2.05, 4.69) is 5.32 Å². The van der Waals surface area contributed by atoms with Gasteiger partial charge in [0.15, 0.2) is 0 Å². The van der Waals surface area contributed by atoms with Crippen molar-refractivity contribution in [1.82, 2.24) is 5.32 Å². The van der Waals surface area contributed by atoms with E-state index in [0.717, 1.165) is 11.3 Å². The van der Waals surface area contributed by atoms with Gasteiger partial charge in [0.25, 0.3) is 5.91 Å². The quantitative estimate of drug-likeness (QED) is 0.893. The lowest BCUT2D eigenvalue weighted by atomic mass is 10.2. The molecule has 0 saturated heterocycles. The number of carboxylic acid groups (broad SMARTS) is 1. The molecule has 1 fully saturated rings. The summed E-state index contributed by atoms with van der Waals surface area (Å²) >= 11 is 12.6. The molecular weight excluding hydrogens is 273 g/mol. The van der Waals surface area contributed by atoms with Crippen molar-refractivity contribution >= 4 is 46.4 Å². The van der Waals surface area contributed by atoms with Crippen molar-refractivity contribution in [1.29, 1.82) is 0 Å². The van der Waals surface area contributed by atoms with Crippen LogP contribution in [0.3, 0.4) is 0 Å². The molecule has 1 amide bonds. The second-order valence-electron chi connectivity index (χ2n) is 3.58. The number of nitrogens with one attached hydrogen (secondary N) is 1. The highest BCUT2D eigenvalue weighted by Gasteiger charge is 2.51. The number of hydrogen-bond donors (Lipinski definition) is 2. The van der Waals surface area contributed by atoms with Crippen LogP contribution in [0.15, 0.2) is 6.07 Å². The normalized spacial score (nSPS) is 16.9. The Balaban J connectivity index is 2.15. The van der Waals surface area contributed by atoms with Crippen molar-refractivity contribution in [2.45, 2.75) is 18.4 Å². The summed E-state index contributed by atoms with van der Waals surface area (Å²) in [7, 11) is 0. The van der Waals surface area contributed by atoms with Gasteiger partial charge in [0.05, 0.1) is 9.90 Å². The molecule has 1 saturated carbocycles. The van der Waals surface area contributed by atoms with Gasteiger partial charge < -0.3 is 10.4 Å². The first-order chi connectivity index (χ1) is 7.44. The first-order valence-electron chi connectivity index (χ1n) is 4.45. The maximum atomic E-state index is 11.7. The summed E-state index contributed by atoms with van der Waals surface area (Å²) in [6.07, 6.45) is 0.896. The van der Waals surface area contributed by atoms with Crippen molar-refractivity contribution in [3.8, 4) is 0 Å². The zero-order chi connectivity index (χ0) is 11.9. The Morgan fingerprint density at radius 1 is 1.44 bits per heavy atom. The Kier molecular flexibility index (Phi) is 2.86. The minimum Gasteiger partial charge on any atom is -0.480 e. The number of halogens is 2. The van der Waals surface area contributed by atoms with Crippen LogP contribution in [0.25, 0.3) is 0 Å². The molecule has 0 aliphatic heterocycles. The van der Waals surface area contributed by atoms with Crippen molar-refractivity contribution in [2.75, 3.05) is 0 Å². The summed E-state index contributed by atoms with van der Waals surface area (Å²) in [4.78, 5) is 22.6. The molecule has 4 nitrogen and oxygen atoms in total. The van der Waals surface area contributed by atoms with Gasteiger partial charge in [-0.3, -0.25) is 4.79 Å². The van der Waals surface area contributed by atoms with Gasteiger partial charge >= 0.3 is 5.97 Å². The minimum absolute atomic E-state index is 0.226. The second-order valence-corrected chi connectivity index (χ2v) is 5.86. The van der Waals surface area contributed by atoms with E-state index in [0.29, 0.717) is 17.2 Å². The highest BCUT2D eigenvalue weighted by molar-refractivity contribution is 7.20. The SMILES string of the molecule is O=C(NC1(C(=O)O)CC1)c1cc(Cl)sc1Cl. The van der Waals surface area contributed by atoms with Crippen LogP contribution in [0.4, 0.5) is 0 Å². The fraction of sp³-hybridized carbons (Fsp3) is 0.333. The first-order valence-corrected chi connectivity index (χ1v) is 6.02. The minimum atomic E-state index is -1.10. The van der Waals surface area contributed by atoms with E-state index in [1.54, 1.807) is 0 Å². The lowest BCUT2D eigenvalue weighted by Gasteiger charge is -2.11. The van der Waals surface area contributed by atoms with Gasteiger partial charge in [-0.25, -0.2) is 4.79 Å². The van der Waals surface area contributed by atoms with Crippen molar-refractivity contribution < 1.29 is 14.7 Å². The van der Waals surface area contributed by atoms with Crippen LogP contribution in [0.5, 0.6) is 0 Å². The van der Waals surface area contributed by atoms with Crippen LogP contribution >= 0.6 is 34.5 Å². The van der Waals surface area contributed by atoms with E-state index in [-0.39, 0.29) is 9.90 Å². The van der Waals surface area contributed by atoms with Crippen molar-refractivity contribution in [3.63, 3.8) is 0 Å². The summed E-state index contributed by atoms with van der Waals surface area (Å²) < 4.78 is 0.666. The van der Waals surface area contributed by atoms with Gasteiger partial charge in [0.2, 0.25) is 0 Å². The van der Waals surface area contributed by atoms with Gasteiger partial charge in [0, 0.05) is 0 Å². The first kappa shape index (κ1) is 11.7. The molecule has 2 N–H and O–H groups in total. The van der Waals surface area contributed by atoms with Crippen LogP contribution in [0, 0.1) is 0 Å². The highest BCUT2D eigenvalue weighted by Crippen LogP contribution is 2.37. The maximum Gasteiger partial charge on any atom is 0.329 e. The number of amides is 1. The number of hydrogen-bond acceptors (Lipinski definition) is 3. The number of carboxylic acids is 1. The zero-order valence-corrected chi connectivity index (χ0v) is 10.2. The summed E-state index contributed by atoms with van der Waals surface area (Å²) in [5.74, 6) is -1.51. The Hall–Kier alpha value is -0.780. The maximum absolute atomic E-state index is 11.7. The molecule has 2 rings (SSSR count). The summed E-state index contributed by atoms with van der Waals surface area (Å²) in [5, 5.41) is 11.4. The molecule has 1 heterocycles. The second kappa shape index (κ2) is 3.91. The number of carbonyl (C=O) groups is 2. The Bertz CT molecular complexity index is 467. The van der Waals surface area contributed by atoms with Gasteiger partial charge in [-0.05, 0) is 18.9 Å². The van der Waals surface area contributed by atoms with Crippen LogP contribution in [-0.4, -0.2) is 22.5 Å². The van der Waals surface area contributed by atoms with Crippen LogP contribution < -0.4 is 5.32 Å². The van der Waals surface area contributed by atoms with E-state index < -0.39 is 17.4 Å². The fourth-order valence-electron chi connectivity index (χ4n) is 1.30. The predicted octanol–water partition coefficient (Wildman–Crippen LogP) is 2.40. The largest absolute Gasteiger partial charge is 0.480 e. The highest BCUT2D eigenvalue weighted by atomic mass is 35.5. The Morgan fingerprint density at radius 2 is 2.06 bits per heavy atom. The molecule has 0 aromatic carbocycles. The summed E-state index contributed by atoms with van der Waals surface area (Å²) in [6, 6.07) is 1.43. The van der Waals surface area contributed by atoms with E-state index >= 15 is 0 Å². The monoisotopic (exact) mass is 279 g/mol. The summed E-state index contributed by atoms with van der Waals surface area (Å²) in [6.45, 7) is 0. The zero-order valence-electron chi connectivity index (χ0n) is 7.92. The number of carbonyl (C=O) groups excluding carboxylic acids is 1. The smallest absolute Gasteiger partial charge is 0.329 e. The van der Waals surface area contributed by atoms with Crippen molar-refractivity contribution in [3.05, 3.63) is 20.3 Å². The van der Waals surface area contributed by atoms with E-state index in [1.165, 1.54) is 6.07 Å². The molecule has 0 radical (unpaired) electrons. The number of thiophene rings is 1. The standard InChI is InChI=1S/C9H7Cl2NO3S/c10-5-3-4(6(11)16-5)7(13)12-9(1-2-9)8(14)15/h3H,1-2H2,(H,12,13)(H,14,15). The van der Waals surface area contributed by atoms with Crippen molar-refractivity contribution in [2.24, 2.45) is 0 Å². The third kappa shape index (κ3) is 2.03. The van der Waals surface area contributed by atoms with E-state index in [9.17, 15) is 9.59 Å². The molecular formula is C9H7Cl2NO3S. The van der Waals surface area contributed by atoms with Gasteiger partial charge in [-0.15, -0.1) is 11.3 Å². The molecule has 0 spiro atoms. The molecule has 1 aromatic heterocycles. The van der Waals surface area contributed by atoms with Gasteiger partial charge in [-0.1, -0.05) is 23.2 Å². The van der Waals surface area contributed by atoms with Gasteiger partial charge in [-0.2, -0.15) is 0 Å². The molecule has 0 atom stereocenters. The van der Waals surface area contributed by atoms with E-state index in [4.69, 9.17) is 28.3 Å². The molecule has 0 bridgehead atoms. The average molecular weight is 280 g/mol. The Morgan fingerprint density at radius 3 is 2.44 bits per heavy atom. The van der Waals surface area contributed by atoms with Gasteiger partial charge in [0.1, 0.15) is 9.88 Å².